The van der Waals surface area contributed by atoms with E-state index in [0.717, 1.165) is 19.4 Å². The monoisotopic (exact) mass is 230 g/mol. The third kappa shape index (κ3) is 3.74. The van der Waals surface area contributed by atoms with Crippen molar-refractivity contribution in [3.05, 3.63) is 41.4 Å². The van der Waals surface area contributed by atoms with Crippen molar-refractivity contribution in [2.75, 3.05) is 6.61 Å². The third-order valence-corrected chi connectivity index (χ3v) is 3.03. The minimum atomic E-state index is 0.0298. The topological polar surface area (TPSA) is 9.23 Å². The van der Waals surface area contributed by atoms with Crippen molar-refractivity contribution in [2.45, 2.75) is 40.5 Å². The van der Waals surface area contributed by atoms with Crippen LogP contribution in [0.25, 0.3) is 0 Å². The molecule has 0 bridgehead atoms. The summed E-state index contributed by atoms with van der Waals surface area (Å²) in [5, 5.41) is 0. The lowest BCUT2D eigenvalue weighted by molar-refractivity contribution is 0.323. The molecule has 0 N–H and O–H groups in total. The minimum Gasteiger partial charge on any atom is -0.427 e. The molecular weight excluding hydrogens is 207 g/mol. The second-order valence-corrected chi connectivity index (χ2v) is 4.69. The van der Waals surface area contributed by atoms with E-state index in [1.54, 1.807) is 0 Å². The highest BCUT2D eigenvalue weighted by molar-refractivity contribution is 6.72. The van der Waals surface area contributed by atoms with Crippen LogP contribution in [0.3, 0.4) is 0 Å². The normalized spacial score (nSPS) is 10.4. The van der Waals surface area contributed by atoms with Gasteiger partial charge in [0.05, 0.1) is 0 Å². The predicted octanol–water partition coefficient (Wildman–Crippen LogP) is 3.35. The fourth-order valence-corrected chi connectivity index (χ4v) is 2.26. The molecule has 0 heterocycles. The van der Waals surface area contributed by atoms with E-state index in [1.165, 1.54) is 22.2 Å². The molecule has 0 saturated carbocycles. The van der Waals surface area contributed by atoms with E-state index >= 15 is 0 Å². The standard InChI is InChI=1S/C15H23BO/c1-6-8-9-17-16(7-2)15-13(4)10-12(3)11-14(15)5/h7,10-11H,2,6,8-9H2,1,3-5H3. The zero-order valence-electron chi connectivity index (χ0n) is 11.5. The molecule has 0 aromatic heterocycles. The predicted molar refractivity (Wildman–Crippen MR) is 77.1 cm³/mol. The fraction of sp³-hybridized carbons (Fsp3) is 0.467. The maximum Gasteiger partial charge on any atom is 0.353 e. The van der Waals surface area contributed by atoms with E-state index in [1.807, 2.05) is 5.98 Å². The Kier molecular flexibility index (Phi) is 5.50. The van der Waals surface area contributed by atoms with Crippen LogP contribution >= 0.6 is 0 Å². The van der Waals surface area contributed by atoms with Crippen molar-refractivity contribution in [3.8, 4) is 0 Å². The van der Waals surface area contributed by atoms with Gasteiger partial charge in [0.25, 0.3) is 0 Å². The third-order valence-electron chi connectivity index (χ3n) is 3.03. The van der Waals surface area contributed by atoms with Crippen molar-refractivity contribution in [3.63, 3.8) is 0 Å². The Labute approximate surface area is 106 Å². The second kappa shape index (κ2) is 6.66. The molecule has 2 heteroatoms. The zero-order valence-corrected chi connectivity index (χ0v) is 11.5. The van der Waals surface area contributed by atoms with Gasteiger partial charge in [-0.25, -0.2) is 0 Å². The smallest absolute Gasteiger partial charge is 0.353 e. The van der Waals surface area contributed by atoms with Gasteiger partial charge in [-0.3, -0.25) is 0 Å². The summed E-state index contributed by atoms with van der Waals surface area (Å²) in [7, 11) is 0. The Hall–Kier alpha value is -1.02. The van der Waals surface area contributed by atoms with E-state index in [0.29, 0.717) is 0 Å². The van der Waals surface area contributed by atoms with Gasteiger partial charge in [0.15, 0.2) is 0 Å². The molecule has 1 rings (SSSR count). The van der Waals surface area contributed by atoms with Gasteiger partial charge < -0.3 is 4.65 Å². The van der Waals surface area contributed by atoms with Crippen LogP contribution in [-0.4, -0.2) is 13.5 Å². The largest absolute Gasteiger partial charge is 0.427 e. The Balaban J connectivity index is 2.91. The Morgan fingerprint density at radius 1 is 1.24 bits per heavy atom. The van der Waals surface area contributed by atoms with Crippen molar-refractivity contribution in [2.24, 2.45) is 0 Å². The first kappa shape index (κ1) is 14.0. The summed E-state index contributed by atoms with van der Waals surface area (Å²) in [6, 6.07) is 4.42. The SMILES string of the molecule is C=CB(OCCCC)c1c(C)cc(C)cc1C. The van der Waals surface area contributed by atoms with Crippen LogP contribution in [0, 0.1) is 20.8 Å². The maximum absolute atomic E-state index is 5.90. The first-order valence-electron chi connectivity index (χ1n) is 6.42. The van der Waals surface area contributed by atoms with Gasteiger partial charge >= 0.3 is 6.92 Å². The van der Waals surface area contributed by atoms with Crippen LogP contribution < -0.4 is 5.46 Å². The average Bonchev–Trinajstić information content (AvgIpc) is 2.25. The van der Waals surface area contributed by atoms with Crippen molar-refractivity contribution in [1.82, 2.24) is 0 Å². The van der Waals surface area contributed by atoms with Crippen LogP contribution in [0.2, 0.25) is 0 Å². The molecule has 0 aliphatic heterocycles. The molecular formula is C15H23BO. The van der Waals surface area contributed by atoms with Gasteiger partial charge in [-0.15, -0.1) is 6.58 Å². The summed E-state index contributed by atoms with van der Waals surface area (Å²) >= 11 is 0. The van der Waals surface area contributed by atoms with E-state index in [9.17, 15) is 0 Å². The first-order chi connectivity index (χ1) is 8.10. The Bertz CT molecular complexity index is 362. The van der Waals surface area contributed by atoms with Gasteiger partial charge in [-0.1, -0.05) is 48.1 Å². The number of unbranched alkanes of at least 4 members (excludes halogenated alkanes) is 1. The Morgan fingerprint density at radius 2 is 1.82 bits per heavy atom. The van der Waals surface area contributed by atoms with Gasteiger partial charge in [-0.05, 0) is 32.7 Å². The summed E-state index contributed by atoms with van der Waals surface area (Å²) in [6.45, 7) is 13.3. The molecule has 0 fully saturated rings. The molecule has 0 amide bonds. The number of hydrogen-bond acceptors (Lipinski definition) is 1. The quantitative estimate of drug-likeness (QED) is 0.538. The summed E-state index contributed by atoms with van der Waals surface area (Å²) in [5.41, 5.74) is 5.18. The van der Waals surface area contributed by atoms with Crippen molar-refractivity contribution >= 4 is 12.4 Å². The molecule has 0 aliphatic carbocycles. The van der Waals surface area contributed by atoms with Crippen molar-refractivity contribution < 1.29 is 4.65 Å². The fourth-order valence-electron chi connectivity index (χ4n) is 2.26. The first-order valence-corrected chi connectivity index (χ1v) is 6.42. The summed E-state index contributed by atoms with van der Waals surface area (Å²) < 4.78 is 5.90. The Morgan fingerprint density at radius 3 is 2.29 bits per heavy atom. The van der Waals surface area contributed by atoms with E-state index in [4.69, 9.17) is 4.65 Å². The lowest BCUT2D eigenvalue weighted by Gasteiger charge is -2.16. The number of rotatable bonds is 6. The number of hydrogen-bond donors (Lipinski definition) is 0. The van der Waals surface area contributed by atoms with E-state index < -0.39 is 0 Å². The second-order valence-electron chi connectivity index (χ2n) is 4.69. The van der Waals surface area contributed by atoms with Crippen LogP contribution in [-0.2, 0) is 4.65 Å². The summed E-state index contributed by atoms with van der Waals surface area (Å²) in [4.78, 5) is 0. The average molecular weight is 230 g/mol. The van der Waals surface area contributed by atoms with Crippen molar-refractivity contribution in [1.29, 1.82) is 0 Å². The molecule has 1 nitrogen and oxygen atoms in total. The molecule has 0 spiro atoms. The molecule has 0 atom stereocenters. The van der Waals surface area contributed by atoms with Crippen LogP contribution in [0.1, 0.15) is 36.5 Å². The number of benzene rings is 1. The zero-order chi connectivity index (χ0) is 12.8. The summed E-state index contributed by atoms with van der Waals surface area (Å²) in [6.07, 6.45) is 2.27. The molecule has 0 radical (unpaired) electrons. The molecule has 92 valence electrons. The molecule has 0 unspecified atom stereocenters. The lowest BCUT2D eigenvalue weighted by atomic mass is 9.58. The maximum atomic E-state index is 5.90. The molecule has 1 aromatic rings. The highest BCUT2D eigenvalue weighted by atomic mass is 16.4. The van der Waals surface area contributed by atoms with E-state index in [-0.39, 0.29) is 6.92 Å². The van der Waals surface area contributed by atoms with Crippen LogP contribution in [0.4, 0.5) is 0 Å². The highest BCUT2D eigenvalue weighted by Crippen LogP contribution is 2.08. The minimum absolute atomic E-state index is 0.0298. The van der Waals surface area contributed by atoms with Gasteiger partial charge in [-0.2, -0.15) is 0 Å². The molecule has 17 heavy (non-hydrogen) atoms. The summed E-state index contributed by atoms with van der Waals surface area (Å²) in [5.74, 6) is 1.90. The molecule has 1 aromatic carbocycles. The number of aryl methyl sites for hydroxylation is 3. The molecule has 0 aliphatic rings. The van der Waals surface area contributed by atoms with Gasteiger partial charge in [0, 0.05) is 6.61 Å². The van der Waals surface area contributed by atoms with Crippen LogP contribution in [0.15, 0.2) is 24.7 Å². The van der Waals surface area contributed by atoms with E-state index in [2.05, 4.69) is 46.4 Å². The van der Waals surface area contributed by atoms with Crippen LogP contribution in [0.5, 0.6) is 0 Å². The molecule has 0 saturated heterocycles. The lowest BCUT2D eigenvalue weighted by Crippen LogP contribution is -2.36. The van der Waals surface area contributed by atoms with Gasteiger partial charge in [0.1, 0.15) is 0 Å². The van der Waals surface area contributed by atoms with Gasteiger partial charge in [0.2, 0.25) is 0 Å². The highest BCUT2D eigenvalue weighted by Gasteiger charge is 2.19.